The second-order valence-electron chi connectivity index (χ2n) is 5.66. The number of rotatable bonds is 6. The van der Waals surface area contributed by atoms with E-state index in [0.29, 0.717) is 4.88 Å². The Morgan fingerprint density at radius 2 is 2.12 bits per heavy atom. The Hall–Kier alpha value is -2.78. The lowest BCUT2D eigenvalue weighted by atomic mass is 10.1. The molecule has 7 nitrogen and oxygen atoms in total. The number of benzene rings is 1. The molecule has 0 saturated heterocycles. The van der Waals surface area contributed by atoms with Gasteiger partial charge in [0.1, 0.15) is 6.04 Å². The Balaban J connectivity index is 2.00. The van der Waals surface area contributed by atoms with Gasteiger partial charge in [0, 0.05) is 23.8 Å². The fourth-order valence-electron chi connectivity index (χ4n) is 2.70. The second kappa shape index (κ2) is 7.22. The van der Waals surface area contributed by atoms with Crippen molar-refractivity contribution < 1.29 is 19.8 Å². The van der Waals surface area contributed by atoms with Crippen molar-refractivity contribution in [1.82, 2.24) is 4.57 Å². The molecule has 2 heterocycles. The van der Waals surface area contributed by atoms with Crippen molar-refractivity contribution in [2.45, 2.75) is 18.9 Å². The third-order valence-electron chi connectivity index (χ3n) is 3.95. The Labute approximate surface area is 157 Å². The summed E-state index contributed by atoms with van der Waals surface area (Å²) < 4.78 is 1.35. The molecule has 0 bridgehead atoms. The number of allylic oxidation sites excluding steroid dienone is 1. The summed E-state index contributed by atoms with van der Waals surface area (Å²) in [6, 6.07) is 6.40. The number of thiazole rings is 1. The van der Waals surface area contributed by atoms with Crippen LogP contribution in [0.4, 0.5) is 5.69 Å². The molecule has 1 atom stereocenters. The van der Waals surface area contributed by atoms with E-state index in [-0.39, 0.29) is 22.7 Å². The molecule has 0 saturated carbocycles. The first-order valence-electron chi connectivity index (χ1n) is 7.69. The number of hydrogen-bond acceptors (Lipinski definition) is 6. The van der Waals surface area contributed by atoms with Crippen molar-refractivity contribution in [3.8, 4) is 5.88 Å². The van der Waals surface area contributed by atoms with E-state index in [2.05, 4.69) is 4.99 Å². The number of hydrogen-bond donors (Lipinski definition) is 3. The predicted molar refractivity (Wildman–Crippen MR) is 102 cm³/mol. The number of aliphatic carboxylic acids is 1. The number of aliphatic imine (C=N–C) groups is 1. The van der Waals surface area contributed by atoms with Crippen LogP contribution >= 0.6 is 23.6 Å². The summed E-state index contributed by atoms with van der Waals surface area (Å²) >= 11 is 6.33. The van der Waals surface area contributed by atoms with Crippen LogP contribution in [0, 0.1) is 3.95 Å². The molecule has 1 unspecified atom stereocenters. The average Bonchev–Trinajstić information content (AvgIpc) is 3.11. The number of fused-ring (bicyclic) bond motifs is 1. The highest BCUT2D eigenvalue weighted by Gasteiger charge is 2.26. The monoisotopic (exact) mass is 389 g/mol. The molecule has 0 fully saturated rings. The highest BCUT2D eigenvalue weighted by Crippen LogP contribution is 2.37. The number of carbonyl (C=O) groups is 2. The van der Waals surface area contributed by atoms with E-state index in [1.807, 2.05) is 24.3 Å². The van der Waals surface area contributed by atoms with Gasteiger partial charge in [0.2, 0.25) is 11.8 Å². The number of nitrogens with two attached hydrogens (primary N) is 1. The molecule has 1 amide bonds. The first kappa shape index (κ1) is 18.0. The molecule has 26 heavy (non-hydrogen) atoms. The van der Waals surface area contributed by atoms with Crippen LogP contribution in [0.2, 0.25) is 0 Å². The number of aromatic hydroxyl groups is 1. The zero-order valence-electron chi connectivity index (χ0n) is 13.5. The standard InChI is InChI=1S/C17H15N3O4S2/c18-14(21)6-5-12(16(23)24)20-15(22)13(26-17(20)25)7-9-8-19-11-4-2-1-3-10(9)11/h1-4,7-8,12,22H,5-6H2,(H2,18,21)(H,23,24)/b9-7+. The molecular weight excluding hydrogens is 374 g/mol. The number of aromatic nitrogens is 1. The van der Waals surface area contributed by atoms with Gasteiger partial charge in [-0.1, -0.05) is 18.2 Å². The van der Waals surface area contributed by atoms with Crippen molar-refractivity contribution in [2.24, 2.45) is 10.7 Å². The van der Waals surface area contributed by atoms with Gasteiger partial charge in [-0.25, -0.2) is 4.79 Å². The number of nitrogens with zero attached hydrogens (tertiary/aromatic N) is 2. The Morgan fingerprint density at radius 3 is 2.81 bits per heavy atom. The molecule has 134 valence electrons. The fraction of sp³-hybridized carbons (Fsp3) is 0.176. The molecule has 0 radical (unpaired) electrons. The highest BCUT2D eigenvalue weighted by molar-refractivity contribution is 7.73. The number of para-hydroxylation sites is 1. The second-order valence-corrected chi connectivity index (χ2v) is 7.34. The summed E-state index contributed by atoms with van der Waals surface area (Å²) in [5.74, 6) is -2.05. The number of carbonyl (C=O) groups excluding carboxylic acids is 1. The molecule has 0 spiro atoms. The van der Waals surface area contributed by atoms with Crippen LogP contribution in [0.5, 0.6) is 5.88 Å². The Bertz CT molecular complexity index is 1000. The molecule has 3 rings (SSSR count). The van der Waals surface area contributed by atoms with Crippen LogP contribution in [0.1, 0.15) is 29.3 Å². The Morgan fingerprint density at radius 1 is 1.38 bits per heavy atom. The van der Waals surface area contributed by atoms with Crippen molar-refractivity contribution >= 4 is 59.0 Å². The number of carboxylic acid groups (broad SMARTS) is 1. The molecule has 4 N–H and O–H groups in total. The van der Waals surface area contributed by atoms with Crippen LogP contribution in [-0.4, -0.2) is 32.9 Å². The summed E-state index contributed by atoms with van der Waals surface area (Å²) in [4.78, 5) is 27.3. The summed E-state index contributed by atoms with van der Waals surface area (Å²) in [7, 11) is 0. The summed E-state index contributed by atoms with van der Waals surface area (Å²) in [6.07, 6.45) is 3.22. The first-order chi connectivity index (χ1) is 12.4. The minimum Gasteiger partial charge on any atom is -0.493 e. The zero-order chi connectivity index (χ0) is 18.8. The van der Waals surface area contributed by atoms with Gasteiger partial charge in [0.25, 0.3) is 0 Å². The predicted octanol–water partition coefficient (Wildman–Crippen LogP) is 3.13. The van der Waals surface area contributed by atoms with Crippen LogP contribution in [0.15, 0.2) is 29.3 Å². The fourth-order valence-corrected chi connectivity index (χ4v) is 4.06. The van der Waals surface area contributed by atoms with Gasteiger partial charge < -0.3 is 15.9 Å². The van der Waals surface area contributed by atoms with Gasteiger partial charge in [-0.15, -0.1) is 11.3 Å². The summed E-state index contributed by atoms with van der Waals surface area (Å²) in [5, 5.41) is 20.0. The Kier molecular flexibility index (Phi) is 5.01. The van der Waals surface area contributed by atoms with Crippen LogP contribution < -0.4 is 5.73 Å². The SMILES string of the molecule is NC(=O)CCC(C(=O)O)n1c(O)c(/C=C2\C=Nc3ccccc32)sc1=S. The highest BCUT2D eigenvalue weighted by atomic mass is 32.1. The van der Waals surface area contributed by atoms with Gasteiger partial charge >= 0.3 is 5.97 Å². The van der Waals surface area contributed by atoms with Crippen LogP contribution in [0.25, 0.3) is 11.6 Å². The van der Waals surface area contributed by atoms with Gasteiger partial charge in [0.15, 0.2) is 3.95 Å². The molecular formula is C17H15N3O4S2. The van der Waals surface area contributed by atoms with Gasteiger partial charge in [-0.05, 0) is 30.8 Å². The molecule has 1 aliphatic rings. The number of amides is 1. The lowest BCUT2D eigenvalue weighted by Gasteiger charge is -2.14. The average molecular weight is 389 g/mol. The maximum atomic E-state index is 11.6. The molecule has 2 aromatic rings. The van der Waals surface area contributed by atoms with E-state index in [1.165, 1.54) is 0 Å². The molecule has 1 aromatic carbocycles. The number of primary amides is 1. The topological polar surface area (TPSA) is 118 Å². The van der Waals surface area contributed by atoms with Gasteiger partial charge in [-0.3, -0.25) is 14.4 Å². The van der Waals surface area contributed by atoms with E-state index >= 15 is 0 Å². The van der Waals surface area contributed by atoms with Crippen molar-refractivity contribution in [2.75, 3.05) is 0 Å². The van der Waals surface area contributed by atoms with E-state index in [1.54, 1.807) is 12.3 Å². The van der Waals surface area contributed by atoms with Crippen molar-refractivity contribution in [1.29, 1.82) is 0 Å². The summed E-state index contributed by atoms with van der Waals surface area (Å²) in [6.45, 7) is 0. The third-order valence-corrected chi connectivity index (χ3v) is 5.29. The number of carboxylic acids is 1. The smallest absolute Gasteiger partial charge is 0.326 e. The summed E-state index contributed by atoms with van der Waals surface area (Å²) in [5.41, 5.74) is 7.64. The zero-order valence-corrected chi connectivity index (χ0v) is 15.1. The van der Waals surface area contributed by atoms with Gasteiger partial charge in [-0.2, -0.15) is 0 Å². The van der Waals surface area contributed by atoms with E-state index in [0.717, 1.165) is 32.7 Å². The van der Waals surface area contributed by atoms with Crippen molar-refractivity contribution in [3.63, 3.8) is 0 Å². The van der Waals surface area contributed by atoms with Crippen LogP contribution in [0.3, 0.4) is 0 Å². The largest absolute Gasteiger partial charge is 0.493 e. The van der Waals surface area contributed by atoms with E-state index < -0.39 is 17.9 Å². The minimum atomic E-state index is -1.19. The molecule has 1 aromatic heterocycles. The lowest BCUT2D eigenvalue weighted by Crippen LogP contribution is -2.21. The quantitative estimate of drug-likeness (QED) is 0.656. The lowest BCUT2D eigenvalue weighted by molar-refractivity contribution is -0.141. The van der Waals surface area contributed by atoms with Crippen molar-refractivity contribution in [3.05, 3.63) is 38.7 Å². The maximum Gasteiger partial charge on any atom is 0.326 e. The first-order valence-corrected chi connectivity index (χ1v) is 8.91. The molecule has 9 heteroatoms. The third kappa shape index (κ3) is 3.44. The maximum absolute atomic E-state index is 11.6. The van der Waals surface area contributed by atoms with E-state index in [9.17, 15) is 19.8 Å². The normalized spacial score (nSPS) is 15.2. The van der Waals surface area contributed by atoms with E-state index in [4.69, 9.17) is 18.0 Å². The molecule has 0 aliphatic carbocycles. The van der Waals surface area contributed by atoms with Gasteiger partial charge in [0.05, 0.1) is 10.6 Å². The molecule has 1 aliphatic heterocycles. The van der Waals surface area contributed by atoms with Crippen LogP contribution in [-0.2, 0) is 9.59 Å². The minimum absolute atomic E-state index is 0.0520.